The second-order valence-corrected chi connectivity index (χ2v) is 6.00. The molecule has 1 heterocycles. The van der Waals surface area contributed by atoms with Gasteiger partial charge in [0.25, 0.3) is 0 Å². The van der Waals surface area contributed by atoms with E-state index >= 15 is 0 Å². The van der Waals surface area contributed by atoms with Crippen molar-refractivity contribution in [2.24, 2.45) is 0 Å². The van der Waals surface area contributed by atoms with Crippen molar-refractivity contribution >= 4 is 5.69 Å². The van der Waals surface area contributed by atoms with Crippen molar-refractivity contribution in [1.29, 1.82) is 0 Å². The summed E-state index contributed by atoms with van der Waals surface area (Å²) in [5.74, 6) is 0. The molecule has 114 valence electrons. The van der Waals surface area contributed by atoms with Gasteiger partial charge >= 0.3 is 0 Å². The highest BCUT2D eigenvalue weighted by Gasteiger charge is 2.29. The van der Waals surface area contributed by atoms with Crippen molar-refractivity contribution < 1.29 is 5.11 Å². The molecular formula is C15H28N4O. The molecule has 1 fully saturated rings. The molecule has 1 atom stereocenters. The Labute approximate surface area is 121 Å². The van der Waals surface area contributed by atoms with Gasteiger partial charge in [0.15, 0.2) is 0 Å². The van der Waals surface area contributed by atoms with Gasteiger partial charge in [0.05, 0.1) is 29.7 Å². The molecule has 1 aliphatic rings. The lowest BCUT2D eigenvalue weighted by Crippen LogP contribution is -2.37. The molecule has 3 N–H and O–H groups in total. The standard InChI is InChI=1S/C15H28N4O/c1-4-5-8-18(13-6-7-13)9-14(20)10-19-12(3)15(16)11(2)17-19/h13-14,20H,4-10,16H2,1-3H3. The summed E-state index contributed by atoms with van der Waals surface area (Å²) in [7, 11) is 0. The van der Waals surface area contributed by atoms with Crippen molar-refractivity contribution in [2.45, 2.75) is 65.1 Å². The number of aromatic nitrogens is 2. The van der Waals surface area contributed by atoms with Gasteiger partial charge in [-0.1, -0.05) is 13.3 Å². The summed E-state index contributed by atoms with van der Waals surface area (Å²) < 4.78 is 1.83. The number of nitrogens with two attached hydrogens (primary N) is 1. The minimum Gasteiger partial charge on any atom is -0.396 e. The highest BCUT2D eigenvalue weighted by atomic mass is 16.3. The number of nitrogens with zero attached hydrogens (tertiary/aromatic N) is 3. The number of anilines is 1. The highest BCUT2D eigenvalue weighted by molar-refractivity contribution is 5.46. The van der Waals surface area contributed by atoms with Gasteiger partial charge in [0.2, 0.25) is 0 Å². The predicted molar refractivity (Wildman–Crippen MR) is 81.6 cm³/mol. The van der Waals surface area contributed by atoms with Crippen molar-refractivity contribution in [3.05, 3.63) is 11.4 Å². The van der Waals surface area contributed by atoms with Crippen LogP contribution in [0.5, 0.6) is 0 Å². The number of hydrogen-bond donors (Lipinski definition) is 2. The lowest BCUT2D eigenvalue weighted by Gasteiger charge is -2.25. The Bertz CT molecular complexity index is 439. The van der Waals surface area contributed by atoms with Crippen LogP contribution >= 0.6 is 0 Å². The van der Waals surface area contributed by atoms with Crippen LogP contribution in [-0.4, -0.2) is 45.0 Å². The molecule has 0 amide bonds. The van der Waals surface area contributed by atoms with Gasteiger partial charge in [0, 0.05) is 12.6 Å². The SMILES string of the molecule is CCCCN(CC(O)Cn1nc(C)c(N)c1C)C1CC1. The quantitative estimate of drug-likeness (QED) is 0.760. The van der Waals surface area contributed by atoms with Crippen LogP contribution in [0.3, 0.4) is 0 Å². The zero-order chi connectivity index (χ0) is 14.7. The van der Waals surface area contributed by atoms with Gasteiger partial charge in [-0.25, -0.2) is 0 Å². The lowest BCUT2D eigenvalue weighted by atomic mass is 10.2. The minimum atomic E-state index is -0.384. The first kappa shape index (κ1) is 15.3. The van der Waals surface area contributed by atoms with E-state index in [0.29, 0.717) is 12.6 Å². The van der Waals surface area contributed by atoms with Crippen molar-refractivity contribution in [3.8, 4) is 0 Å². The van der Waals surface area contributed by atoms with Crippen LogP contribution in [0.1, 0.15) is 44.0 Å². The number of nitrogen functional groups attached to an aromatic ring is 1. The van der Waals surface area contributed by atoms with Crippen molar-refractivity contribution in [1.82, 2.24) is 14.7 Å². The maximum Gasteiger partial charge on any atom is 0.0862 e. The molecule has 0 bridgehead atoms. The predicted octanol–water partition coefficient (Wildman–Crippen LogP) is 1.71. The first-order chi connectivity index (χ1) is 9.52. The molecule has 0 saturated heterocycles. The third kappa shape index (κ3) is 3.73. The monoisotopic (exact) mass is 280 g/mol. The summed E-state index contributed by atoms with van der Waals surface area (Å²) in [5.41, 5.74) is 8.47. The molecule has 1 aromatic rings. The summed E-state index contributed by atoms with van der Waals surface area (Å²) in [6.07, 6.45) is 4.58. The third-order valence-electron chi connectivity index (χ3n) is 4.13. The molecule has 5 nitrogen and oxygen atoms in total. The van der Waals surface area contributed by atoms with E-state index in [4.69, 9.17) is 5.73 Å². The molecule has 20 heavy (non-hydrogen) atoms. The lowest BCUT2D eigenvalue weighted by molar-refractivity contribution is 0.0897. The van der Waals surface area contributed by atoms with E-state index < -0.39 is 0 Å². The zero-order valence-corrected chi connectivity index (χ0v) is 13.0. The molecule has 1 aromatic heterocycles. The van der Waals surface area contributed by atoms with Crippen LogP contribution in [0, 0.1) is 13.8 Å². The van der Waals surface area contributed by atoms with Crippen LogP contribution in [0.2, 0.25) is 0 Å². The van der Waals surface area contributed by atoms with Crippen LogP contribution in [0.25, 0.3) is 0 Å². The normalized spacial score (nSPS) is 16.9. The topological polar surface area (TPSA) is 67.3 Å². The number of hydrogen-bond acceptors (Lipinski definition) is 4. The zero-order valence-electron chi connectivity index (χ0n) is 13.0. The fourth-order valence-electron chi connectivity index (χ4n) is 2.64. The van der Waals surface area contributed by atoms with Crippen LogP contribution in [-0.2, 0) is 6.54 Å². The van der Waals surface area contributed by atoms with E-state index in [9.17, 15) is 5.11 Å². The minimum absolute atomic E-state index is 0.384. The maximum absolute atomic E-state index is 10.3. The first-order valence-electron chi connectivity index (χ1n) is 7.74. The molecule has 0 radical (unpaired) electrons. The Hall–Kier alpha value is -1.07. The fraction of sp³-hybridized carbons (Fsp3) is 0.800. The summed E-state index contributed by atoms with van der Waals surface area (Å²) >= 11 is 0. The van der Waals surface area contributed by atoms with Gasteiger partial charge in [-0.3, -0.25) is 9.58 Å². The van der Waals surface area contributed by atoms with Gasteiger partial charge in [0.1, 0.15) is 0 Å². The number of aliphatic hydroxyl groups excluding tert-OH is 1. The van der Waals surface area contributed by atoms with Crippen LogP contribution < -0.4 is 5.73 Å². The molecule has 0 aromatic carbocycles. The summed E-state index contributed by atoms with van der Waals surface area (Å²) in [5, 5.41) is 14.7. The van der Waals surface area contributed by atoms with Crippen LogP contribution in [0.4, 0.5) is 5.69 Å². The van der Waals surface area contributed by atoms with E-state index in [-0.39, 0.29) is 6.10 Å². The number of aliphatic hydroxyl groups is 1. The molecule has 0 spiro atoms. The summed E-state index contributed by atoms with van der Waals surface area (Å²) in [6.45, 7) is 8.43. The smallest absolute Gasteiger partial charge is 0.0862 e. The number of rotatable bonds is 8. The second kappa shape index (κ2) is 6.59. The molecule has 0 aliphatic heterocycles. The van der Waals surface area contributed by atoms with Gasteiger partial charge in [-0.05, 0) is 39.7 Å². The van der Waals surface area contributed by atoms with E-state index in [1.165, 1.54) is 25.7 Å². The van der Waals surface area contributed by atoms with Gasteiger partial charge in [-0.15, -0.1) is 0 Å². The third-order valence-corrected chi connectivity index (χ3v) is 4.13. The average Bonchev–Trinajstić information content (AvgIpc) is 3.21. The molecule has 5 heteroatoms. The van der Waals surface area contributed by atoms with E-state index in [1.807, 2.05) is 18.5 Å². The Morgan fingerprint density at radius 2 is 2.15 bits per heavy atom. The molecule has 1 saturated carbocycles. The second-order valence-electron chi connectivity index (χ2n) is 6.00. The van der Waals surface area contributed by atoms with E-state index in [1.54, 1.807) is 0 Å². The fourth-order valence-corrected chi connectivity index (χ4v) is 2.64. The average molecular weight is 280 g/mol. The Kier molecular flexibility index (Phi) is 5.05. The van der Waals surface area contributed by atoms with Crippen LogP contribution in [0.15, 0.2) is 0 Å². The number of unbranched alkanes of at least 4 members (excludes halogenated alkanes) is 1. The summed E-state index contributed by atoms with van der Waals surface area (Å²) in [6, 6.07) is 0.696. The largest absolute Gasteiger partial charge is 0.396 e. The summed E-state index contributed by atoms with van der Waals surface area (Å²) in [4.78, 5) is 2.43. The molecule has 2 rings (SSSR count). The van der Waals surface area contributed by atoms with Crippen molar-refractivity contribution in [3.63, 3.8) is 0 Å². The molecular weight excluding hydrogens is 252 g/mol. The Balaban J connectivity index is 1.89. The number of aryl methyl sites for hydroxylation is 1. The van der Waals surface area contributed by atoms with Crippen molar-refractivity contribution in [2.75, 3.05) is 18.8 Å². The molecule has 1 unspecified atom stereocenters. The van der Waals surface area contributed by atoms with Gasteiger partial charge < -0.3 is 10.8 Å². The highest BCUT2D eigenvalue weighted by Crippen LogP contribution is 2.27. The maximum atomic E-state index is 10.3. The molecule has 1 aliphatic carbocycles. The Morgan fingerprint density at radius 3 is 2.65 bits per heavy atom. The first-order valence-corrected chi connectivity index (χ1v) is 7.74. The van der Waals surface area contributed by atoms with Gasteiger partial charge in [-0.2, -0.15) is 5.10 Å². The van der Waals surface area contributed by atoms with E-state index in [2.05, 4.69) is 16.9 Å². The van der Waals surface area contributed by atoms with E-state index in [0.717, 1.165) is 30.2 Å². The Morgan fingerprint density at radius 1 is 1.45 bits per heavy atom.